The topological polar surface area (TPSA) is 105 Å². The van der Waals surface area contributed by atoms with Gasteiger partial charge in [0.2, 0.25) is 5.91 Å². The number of benzene rings is 1. The van der Waals surface area contributed by atoms with Gasteiger partial charge in [-0.05, 0) is 38.8 Å². The zero-order valence-electron chi connectivity index (χ0n) is 15.1. The van der Waals surface area contributed by atoms with Crippen molar-refractivity contribution in [2.75, 3.05) is 18.4 Å². The van der Waals surface area contributed by atoms with E-state index < -0.39 is 24.0 Å². The third kappa shape index (κ3) is 5.05. The fourth-order valence-electron chi connectivity index (χ4n) is 2.56. The number of nitrogens with zero attached hydrogens (tertiary/aromatic N) is 1. The van der Waals surface area contributed by atoms with E-state index >= 15 is 0 Å². The molecule has 1 aliphatic heterocycles. The van der Waals surface area contributed by atoms with E-state index in [1.54, 1.807) is 6.07 Å². The van der Waals surface area contributed by atoms with E-state index in [9.17, 15) is 19.2 Å². The fraction of sp³-hybridized carbons (Fsp3) is 0.444. The summed E-state index contributed by atoms with van der Waals surface area (Å²) in [5.74, 6) is -1.29. The van der Waals surface area contributed by atoms with Gasteiger partial charge in [-0.1, -0.05) is 17.7 Å². The maximum atomic E-state index is 12.2. The van der Waals surface area contributed by atoms with Gasteiger partial charge < -0.3 is 15.4 Å². The van der Waals surface area contributed by atoms with Crippen LogP contribution in [0.25, 0.3) is 0 Å². The molecule has 1 atom stereocenters. The second-order valence-corrected chi connectivity index (χ2v) is 6.25. The summed E-state index contributed by atoms with van der Waals surface area (Å²) in [6, 6.07) is 5.18. The molecular formula is C18H23N3O5. The van der Waals surface area contributed by atoms with Gasteiger partial charge in [0.1, 0.15) is 0 Å². The van der Waals surface area contributed by atoms with Crippen molar-refractivity contribution in [1.29, 1.82) is 0 Å². The summed E-state index contributed by atoms with van der Waals surface area (Å²) in [7, 11) is 0. The molecule has 0 saturated carbocycles. The van der Waals surface area contributed by atoms with Crippen molar-refractivity contribution in [3.63, 3.8) is 0 Å². The summed E-state index contributed by atoms with van der Waals surface area (Å²) in [5.41, 5.74) is 2.68. The van der Waals surface area contributed by atoms with Crippen LogP contribution in [-0.4, -0.2) is 47.9 Å². The van der Waals surface area contributed by atoms with Crippen LogP contribution >= 0.6 is 0 Å². The Labute approximate surface area is 151 Å². The molecule has 8 nitrogen and oxygen atoms in total. The minimum atomic E-state index is -0.945. The van der Waals surface area contributed by atoms with E-state index in [1.165, 1.54) is 6.92 Å². The maximum absolute atomic E-state index is 12.2. The number of hydrogen-bond donors (Lipinski definition) is 2. The number of ether oxygens (including phenoxy) is 1. The Bertz CT molecular complexity index is 716. The quantitative estimate of drug-likeness (QED) is 0.566. The predicted octanol–water partition coefficient (Wildman–Crippen LogP) is 1.51. The number of anilines is 1. The molecule has 1 aromatic carbocycles. The van der Waals surface area contributed by atoms with Gasteiger partial charge in [0.25, 0.3) is 5.91 Å². The van der Waals surface area contributed by atoms with Gasteiger partial charge in [-0.25, -0.2) is 4.79 Å². The third-order valence-corrected chi connectivity index (χ3v) is 4.02. The lowest BCUT2D eigenvalue weighted by molar-refractivity contribution is -0.153. The van der Waals surface area contributed by atoms with E-state index in [0.29, 0.717) is 5.69 Å². The van der Waals surface area contributed by atoms with Gasteiger partial charge in [-0.3, -0.25) is 19.3 Å². The maximum Gasteiger partial charge on any atom is 0.324 e. The summed E-state index contributed by atoms with van der Waals surface area (Å²) in [6.45, 7) is 5.47. The number of imide groups is 1. The Morgan fingerprint density at radius 1 is 1.31 bits per heavy atom. The zero-order chi connectivity index (χ0) is 19.3. The van der Waals surface area contributed by atoms with Crippen LogP contribution < -0.4 is 10.6 Å². The monoisotopic (exact) mass is 361 g/mol. The lowest BCUT2D eigenvalue weighted by Gasteiger charge is -2.16. The summed E-state index contributed by atoms with van der Waals surface area (Å²) in [4.78, 5) is 47.9. The van der Waals surface area contributed by atoms with Crippen LogP contribution in [0.5, 0.6) is 0 Å². The van der Waals surface area contributed by atoms with E-state index in [0.717, 1.165) is 16.0 Å². The van der Waals surface area contributed by atoms with Crippen molar-refractivity contribution in [3.05, 3.63) is 29.3 Å². The largest absolute Gasteiger partial charge is 0.453 e. The first kappa shape index (κ1) is 19.4. The summed E-state index contributed by atoms with van der Waals surface area (Å²) in [6.07, 6.45) is -0.651. The van der Waals surface area contributed by atoms with E-state index in [2.05, 4.69) is 10.6 Å². The fourth-order valence-corrected chi connectivity index (χ4v) is 2.56. The van der Waals surface area contributed by atoms with Gasteiger partial charge in [0.05, 0.1) is 6.54 Å². The number of carbonyl (C=O) groups excluding carboxylic acids is 4. The lowest BCUT2D eigenvalue weighted by Crippen LogP contribution is -2.33. The number of aryl methyl sites for hydroxylation is 2. The second kappa shape index (κ2) is 8.46. The van der Waals surface area contributed by atoms with Crippen LogP contribution in [0.1, 0.15) is 30.9 Å². The highest BCUT2D eigenvalue weighted by molar-refractivity contribution is 6.02. The number of carbonyl (C=O) groups is 4. The SMILES string of the molecule is Cc1ccc(NC(=O)[C@H](C)OC(=O)CCCN2C(=O)CNC2=O)c(C)c1. The smallest absolute Gasteiger partial charge is 0.324 e. The van der Waals surface area contributed by atoms with Gasteiger partial charge in [-0.15, -0.1) is 0 Å². The molecule has 2 rings (SSSR count). The van der Waals surface area contributed by atoms with Crippen molar-refractivity contribution in [1.82, 2.24) is 10.2 Å². The van der Waals surface area contributed by atoms with Crippen molar-refractivity contribution < 1.29 is 23.9 Å². The summed E-state index contributed by atoms with van der Waals surface area (Å²) < 4.78 is 5.11. The highest BCUT2D eigenvalue weighted by atomic mass is 16.5. The van der Waals surface area contributed by atoms with Crippen LogP contribution in [0.15, 0.2) is 18.2 Å². The Hall–Kier alpha value is -2.90. The van der Waals surface area contributed by atoms with Crippen LogP contribution in [0.3, 0.4) is 0 Å². The molecule has 140 valence electrons. The van der Waals surface area contributed by atoms with Gasteiger partial charge >= 0.3 is 12.0 Å². The van der Waals surface area contributed by atoms with Crippen molar-refractivity contribution >= 4 is 29.5 Å². The molecule has 0 spiro atoms. The van der Waals surface area contributed by atoms with Crippen molar-refractivity contribution in [2.24, 2.45) is 0 Å². The molecule has 0 aliphatic carbocycles. The predicted molar refractivity (Wildman–Crippen MR) is 94.4 cm³/mol. The lowest BCUT2D eigenvalue weighted by atomic mass is 10.1. The van der Waals surface area contributed by atoms with Crippen LogP contribution in [-0.2, 0) is 19.1 Å². The van der Waals surface area contributed by atoms with E-state index in [4.69, 9.17) is 4.74 Å². The Morgan fingerprint density at radius 3 is 2.65 bits per heavy atom. The molecule has 0 bridgehead atoms. The first-order valence-corrected chi connectivity index (χ1v) is 8.43. The number of amides is 4. The van der Waals surface area contributed by atoms with Crippen molar-refractivity contribution in [3.8, 4) is 0 Å². The molecule has 0 unspecified atom stereocenters. The molecule has 8 heteroatoms. The molecule has 1 aromatic rings. The third-order valence-electron chi connectivity index (χ3n) is 4.02. The zero-order valence-corrected chi connectivity index (χ0v) is 15.1. The summed E-state index contributed by atoms with van der Waals surface area (Å²) in [5, 5.41) is 5.14. The summed E-state index contributed by atoms with van der Waals surface area (Å²) >= 11 is 0. The normalized spacial score (nSPS) is 14.8. The average Bonchev–Trinajstić information content (AvgIpc) is 2.89. The standard InChI is InChI=1S/C18H23N3O5/c1-11-6-7-14(12(2)9-11)20-17(24)13(3)26-16(23)5-4-8-21-15(22)10-19-18(21)25/h6-7,9,13H,4-5,8,10H2,1-3H3,(H,19,25)(H,20,24)/t13-/m0/s1. The number of nitrogens with one attached hydrogen (secondary N) is 2. The number of hydrogen-bond acceptors (Lipinski definition) is 5. The highest BCUT2D eigenvalue weighted by Crippen LogP contribution is 2.16. The molecular weight excluding hydrogens is 338 g/mol. The number of urea groups is 1. The number of esters is 1. The molecule has 26 heavy (non-hydrogen) atoms. The van der Waals surface area contributed by atoms with Gasteiger partial charge in [0, 0.05) is 18.7 Å². The minimum absolute atomic E-state index is 0.0121. The Morgan fingerprint density at radius 2 is 2.04 bits per heavy atom. The molecule has 1 fully saturated rings. The molecule has 1 saturated heterocycles. The molecule has 1 aliphatic rings. The van der Waals surface area contributed by atoms with Gasteiger partial charge in [-0.2, -0.15) is 0 Å². The highest BCUT2D eigenvalue weighted by Gasteiger charge is 2.28. The first-order chi connectivity index (χ1) is 12.3. The minimum Gasteiger partial charge on any atom is -0.453 e. The van der Waals surface area contributed by atoms with Gasteiger partial charge in [0.15, 0.2) is 6.10 Å². The van der Waals surface area contributed by atoms with Crippen LogP contribution in [0.4, 0.5) is 10.5 Å². The Balaban J connectivity index is 1.76. The average molecular weight is 361 g/mol. The molecule has 0 radical (unpaired) electrons. The van der Waals surface area contributed by atoms with Crippen LogP contribution in [0, 0.1) is 13.8 Å². The second-order valence-electron chi connectivity index (χ2n) is 6.25. The molecule has 1 heterocycles. The molecule has 0 aromatic heterocycles. The molecule has 4 amide bonds. The van der Waals surface area contributed by atoms with Crippen molar-refractivity contribution in [2.45, 2.75) is 39.7 Å². The van der Waals surface area contributed by atoms with E-state index in [1.807, 2.05) is 26.0 Å². The Kier molecular flexibility index (Phi) is 6.32. The van der Waals surface area contributed by atoms with E-state index in [-0.39, 0.29) is 31.8 Å². The molecule has 2 N–H and O–H groups in total. The first-order valence-electron chi connectivity index (χ1n) is 8.43. The van der Waals surface area contributed by atoms with Crippen LogP contribution in [0.2, 0.25) is 0 Å². The number of rotatable bonds is 7.